The minimum absolute atomic E-state index is 0.0807. The second kappa shape index (κ2) is 8.62. The van der Waals surface area contributed by atoms with E-state index in [9.17, 15) is 0 Å². The highest BCUT2D eigenvalue weighted by molar-refractivity contribution is 9.10. The van der Waals surface area contributed by atoms with Gasteiger partial charge in [-0.2, -0.15) is 0 Å². The Balaban J connectivity index is 0.00000100. The highest BCUT2D eigenvalue weighted by atomic mass is 79.9. The van der Waals surface area contributed by atoms with Crippen molar-refractivity contribution in [2.75, 3.05) is 40.3 Å². The van der Waals surface area contributed by atoms with Crippen molar-refractivity contribution in [2.45, 2.75) is 12.5 Å². The van der Waals surface area contributed by atoms with Crippen molar-refractivity contribution in [1.29, 1.82) is 0 Å². The van der Waals surface area contributed by atoms with Gasteiger partial charge >= 0.3 is 0 Å². The molecule has 2 aliphatic heterocycles. The maximum atomic E-state index is 6.42. The van der Waals surface area contributed by atoms with E-state index in [0.29, 0.717) is 0 Å². The van der Waals surface area contributed by atoms with Crippen molar-refractivity contribution in [3.63, 3.8) is 0 Å². The summed E-state index contributed by atoms with van der Waals surface area (Å²) in [5.74, 6) is 7.29. The Labute approximate surface area is 152 Å². The largest absolute Gasteiger partial charge is 0.339 e. The zero-order chi connectivity index (χ0) is 17.7. The molecule has 0 radical (unpaired) electrons. The highest BCUT2D eigenvalue weighted by Crippen LogP contribution is 2.37. The number of likely N-dealkylation sites (N-methyl/N-ethyl adjacent to an activating group) is 1. The van der Waals surface area contributed by atoms with E-state index in [4.69, 9.17) is 10.8 Å². The summed E-state index contributed by atoms with van der Waals surface area (Å²) in [5.41, 5.74) is 6.65. The summed E-state index contributed by atoms with van der Waals surface area (Å²) in [6, 6.07) is 6.27. The molecule has 6 nitrogen and oxygen atoms in total. The second-order valence-electron chi connectivity index (χ2n) is 5.85. The van der Waals surface area contributed by atoms with E-state index in [2.05, 4.69) is 57.2 Å². The first-order valence-corrected chi connectivity index (χ1v) is 8.93. The van der Waals surface area contributed by atoms with Gasteiger partial charge in [0.2, 0.25) is 5.96 Å². The predicted octanol–water partition coefficient (Wildman–Crippen LogP) is 2.07. The Morgan fingerprint density at radius 3 is 2.58 bits per heavy atom. The molecule has 2 heterocycles. The Kier molecular flexibility index (Phi) is 6.79. The van der Waals surface area contributed by atoms with Gasteiger partial charge in [0.25, 0.3) is 0 Å². The van der Waals surface area contributed by atoms with Crippen LogP contribution in [0.5, 0.6) is 0 Å². The van der Waals surface area contributed by atoms with Gasteiger partial charge in [-0.15, -0.1) is 6.58 Å². The van der Waals surface area contributed by atoms with Crippen molar-refractivity contribution >= 4 is 27.6 Å². The van der Waals surface area contributed by atoms with Crippen LogP contribution in [-0.4, -0.2) is 61.0 Å². The Morgan fingerprint density at radius 2 is 1.96 bits per heavy atom. The normalized spacial score (nSPS) is 20.7. The number of aliphatic imine (C=N–C) groups is 1. The molecule has 0 bridgehead atoms. The maximum absolute atomic E-state index is 6.42. The molecule has 1 saturated heterocycles. The number of guanidine groups is 1. The van der Waals surface area contributed by atoms with Gasteiger partial charge in [0.15, 0.2) is 0 Å². The van der Waals surface area contributed by atoms with Crippen LogP contribution in [0, 0.1) is 0 Å². The molecule has 0 aromatic heterocycles. The smallest absolute Gasteiger partial charge is 0.217 e. The zero-order valence-electron chi connectivity index (χ0n) is 14.5. The van der Waals surface area contributed by atoms with E-state index in [0.717, 1.165) is 54.3 Å². The van der Waals surface area contributed by atoms with Crippen LogP contribution in [-0.2, 0) is 0 Å². The van der Waals surface area contributed by atoms with Gasteiger partial charge in [0.1, 0.15) is 0 Å². The van der Waals surface area contributed by atoms with Gasteiger partial charge in [-0.1, -0.05) is 22.0 Å². The van der Waals surface area contributed by atoms with E-state index < -0.39 is 0 Å². The maximum Gasteiger partial charge on any atom is 0.217 e. The molecule has 2 aliphatic rings. The van der Waals surface area contributed by atoms with Crippen LogP contribution in [0.3, 0.4) is 0 Å². The fourth-order valence-corrected chi connectivity index (χ4v) is 3.37. The van der Waals surface area contributed by atoms with Crippen molar-refractivity contribution in [2.24, 2.45) is 16.6 Å². The molecule has 132 valence electrons. The van der Waals surface area contributed by atoms with Crippen LogP contribution in [0.2, 0.25) is 0 Å². The number of nitrogens with zero attached hydrogens (tertiary/aromatic N) is 4. The third-order valence-electron chi connectivity index (χ3n) is 4.31. The lowest BCUT2D eigenvalue weighted by Gasteiger charge is -2.42. The molecule has 1 fully saturated rings. The summed E-state index contributed by atoms with van der Waals surface area (Å²) in [5, 5.41) is 1.81. The van der Waals surface area contributed by atoms with Crippen LogP contribution in [0.15, 0.2) is 40.3 Å². The van der Waals surface area contributed by atoms with E-state index in [-0.39, 0.29) is 6.04 Å². The SMILES string of the molecule is C=CCC1c2cc(Br)ccc2N=C(N2CCN(C)CC2)N1N.CN. The van der Waals surface area contributed by atoms with Crippen molar-refractivity contribution < 1.29 is 0 Å². The Bertz CT molecular complexity index is 595. The second-order valence-corrected chi connectivity index (χ2v) is 6.77. The van der Waals surface area contributed by atoms with Gasteiger partial charge < -0.3 is 15.5 Å². The van der Waals surface area contributed by atoms with Crippen LogP contribution >= 0.6 is 15.9 Å². The topological polar surface area (TPSA) is 74.1 Å². The van der Waals surface area contributed by atoms with Gasteiger partial charge in [-0.25, -0.2) is 10.8 Å². The van der Waals surface area contributed by atoms with Crippen LogP contribution in [0.1, 0.15) is 18.0 Å². The van der Waals surface area contributed by atoms with Gasteiger partial charge in [0.05, 0.1) is 11.7 Å². The summed E-state index contributed by atoms with van der Waals surface area (Å²) in [6.07, 6.45) is 2.72. The van der Waals surface area contributed by atoms with Crippen molar-refractivity contribution in [1.82, 2.24) is 14.8 Å². The number of hydrogen-bond donors (Lipinski definition) is 2. The standard InChI is InChI=1S/C16H22BrN5.CH5N/c1-3-4-15-13-11-12(17)5-6-14(13)19-16(22(15)18)21-9-7-20(2)8-10-21;1-2/h3,5-6,11,15H,1,4,7-10,18H2,2H3;2H2,1H3. The number of fused-ring (bicyclic) bond motifs is 1. The molecular formula is C17H27BrN6. The van der Waals surface area contributed by atoms with E-state index >= 15 is 0 Å². The quantitative estimate of drug-likeness (QED) is 0.593. The molecule has 0 aliphatic carbocycles. The molecule has 7 heteroatoms. The fraction of sp³-hybridized carbons (Fsp3) is 0.471. The number of rotatable bonds is 2. The van der Waals surface area contributed by atoms with Gasteiger partial charge in [0, 0.05) is 36.2 Å². The molecule has 3 rings (SSSR count). The number of hydrogen-bond acceptors (Lipinski definition) is 6. The summed E-state index contributed by atoms with van der Waals surface area (Å²) in [4.78, 5) is 9.42. The predicted molar refractivity (Wildman–Crippen MR) is 104 cm³/mol. The van der Waals surface area contributed by atoms with E-state index in [1.54, 1.807) is 0 Å². The molecular weight excluding hydrogens is 368 g/mol. The lowest BCUT2D eigenvalue weighted by atomic mass is 10.00. The molecule has 1 unspecified atom stereocenters. The first kappa shape index (κ1) is 18.9. The highest BCUT2D eigenvalue weighted by Gasteiger charge is 2.31. The molecule has 24 heavy (non-hydrogen) atoms. The third kappa shape index (κ3) is 3.97. The average molecular weight is 395 g/mol. The van der Waals surface area contributed by atoms with E-state index in [1.807, 2.05) is 17.2 Å². The average Bonchev–Trinajstić information content (AvgIpc) is 2.60. The first-order valence-electron chi connectivity index (χ1n) is 8.14. The fourth-order valence-electron chi connectivity index (χ4n) is 2.99. The number of halogens is 1. The van der Waals surface area contributed by atoms with Gasteiger partial charge in [-0.05, 0) is 38.7 Å². The van der Waals surface area contributed by atoms with Gasteiger partial charge in [-0.3, -0.25) is 5.01 Å². The summed E-state index contributed by atoms with van der Waals surface area (Å²) >= 11 is 3.54. The van der Waals surface area contributed by atoms with Crippen LogP contribution in [0.25, 0.3) is 0 Å². The third-order valence-corrected chi connectivity index (χ3v) is 4.81. The Morgan fingerprint density at radius 1 is 1.29 bits per heavy atom. The summed E-state index contributed by atoms with van der Waals surface area (Å²) in [6.45, 7) is 7.85. The Hall–Kier alpha value is -1.41. The lowest BCUT2D eigenvalue weighted by Crippen LogP contribution is -2.56. The van der Waals surface area contributed by atoms with Crippen LogP contribution in [0.4, 0.5) is 5.69 Å². The minimum Gasteiger partial charge on any atom is -0.339 e. The summed E-state index contributed by atoms with van der Waals surface area (Å²) < 4.78 is 1.05. The monoisotopic (exact) mass is 394 g/mol. The number of benzene rings is 1. The van der Waals surface area contributed by atoms with Crippen molar-refractivity contribution in [3.8, 4) is 0 Å². The number of piperazine rings is 1. The first-order chi connectivity index (χ1) is 11.6. The number of hydrazine groups is 1. The number of nitrogens with two attached hydrogens (primary N) is 2. The molecule has 0 amide bonds. The lowest BCUT2D eigenvalue weighted by molar-refractivity contribution is 0.183. The molecule has 4 N–H and O–H groups in total. The van der Waals surface area contributed by atoms with Crippen molar-refractivity contribution in [3.05, 3.63) is 40.9 Å². The molecule has 0 saturated carbocycles. The minimum atomic E-state index is 0.0807. The van der Waals surface area contributed by atoms with Crippen LogP contribution < -0.4 is 11.6 Å². The molecule has 1 aromatic carbocycles. The molecule has 0 spiro atoms. The zero-order valence-corrected chi connectivity index (χ0v) is 16.0. The molecule has 1 aromatic rings. The molecule has 1 atom stereocenters. The van der Waals surface area contributed by atoms with E-state index in [1.165, 1.54) is 7.05 Å². The summed E-state index contributed by atoms with van der Waals surface area (Å²) in [7, 11) is 3.65.